The van der Waals surface area contributed by atoms with Crippen LogP contribution >= 0.6 is 0 Å². The molecule has 1 aromatic heterocycles. The van der Waals surface area contributed by atoms with Gasteiger partial charge < -0.3 is 14.9 Å². The van der Waals surface area contributed by atoms with Gasteiger partial charge in [-0.1, -0.05) is 5.16 Å². The van der Waals surface area contributed by atoms with Gasteiger partial charge in [-0.3, -0.25) is 4.79 Å². The molecule has 0 saturated carbocycles. The highest BCUT2D eigenvalue weighted by Crippen LogP contribution is 2.22. The highest BCUT2D eigenvalue weighted by molar-refractivity contribution is 5.94. The Morgan fingerprint density at radius 2 is 2.05 bits per heavy atom. The Morgan fingerprint density at radius 3 is 2.60 bits per heavy atom. The van der Waals surface area contributed by atoms with Crippen LogP contribution < -0.4 is 5.32 Å². The van der Waals surface area contributed by atoms with Gasteiger partial charge in [0.05, 0.1) is 11.7 Å². The van der Waals surface area contributed by atoms with Crippen LogP contribution in [0.25, 0.3) is 0 Å². The molecule has 0 aliphatic rings. The topological polar surface area (TPSA) is 75.4 Å². The molecule has 5 heteroatoms. The molecular weight excluding hydrogens is 256 g/mol. The first-order valence-corrected chi connectivity index (χ1v) is 6.43. The summed E-state index contributed by atoms with van der Waals surface area (Å²) in [6.07, 6.45) is 0. The van der Waals surface area contributed by atoms with Crippen LogP contribution in [0, 0.1) is 20.8 Å². The summed E-state index contributed by atoms with van der Waals surface area (Å²) in [5.74, 6) is 0.693. The molecule has 1 atom stereocenters. The maximum atomic E-state index is 12.2. The van der Waals surface area contributed by atoms with Crippen LogP contribution in [-0.4, -0.2) is 16.2 Å². The van der Waals surface area contributed by atoms with Crippen LogP contribution in [0.4, 0.5) is 0 Å². The second-order valence-corrected chi connectivity index (χ2v) is 4.93. The summed E-state index contributed by atoms with van der Waals surface area (Å²) < 4.78 is 5.10. The molecule has 2 N–H and O–H groups in total. The van der Waals surface area contributed by atoms with Gasteiger partial charge in [-0.2, -0.15) is 0 Å². The van der Waals surface area contributed by atoms with Crippen molar-refractivity contribution in [2.24, 2.45) is 0 Å². The second kappa shape index (κ2) is 5.36. The van der Waals surface area contributed by atoms with E-state index in [-0.39, 0.29) is 17.7 Å². The molecule has 1 amide bonds. The third-order valence-electron chi connectivity index (χ3n) is 3.33. The largest absolute Gasteiger partial charge is 0.508 e. The molecule has 0 bridgehead atoms. The standard InChI is InChI=1S/C15H18N2O3/c1-8-7-12(5-6-13(8)18)15(19)16-9(2)14-10(3)17-20-11(14)4/h5-7,9,18H,1-4H3,(H,16,19). The van der Waals surface area contributed by atoms with Gasteiger partial charge in [0.2, 0.25) is 0 Å². The molecule has 0 spiro atoms. The molecule has 2 aromatic rings. The lowest BCUT2D eigenvalue weighted by Crippen LogP contribution is -2.27. The van der Waals surface area contributed by atoms with E-state index < -0.39 is 0 Å². The lowest BCUT2D eigenvalue weighted by atomic mass is 10.1. The van der Waals surface area contributed by atoms with Crippen molar-refractivity contribution in [1.29, 1.82) is 0 Å². The van der Waals surface area contributed by atoms with Crippen LogP contribution in [0.2, 0.25) is 0 Å². The molecule has 2 rings (SSSR count). The van der Waals surface area contributed by atoms with Gasteiger partial charge in [-0.15, -0.1) is 0 Å². The number of aromatic hydroxyl groups is 1. The minimum atomic E-state index is -0.194. The molecule has 0 aliphatic carbocycles. The molecule has 0 fully saturated rings. The van der Waals surface area contributed by atoms with E-state index in [4.69, 9.17) is 4.52 Å². The van der Waals surface area contributed by atoms with Crippen molar-refractivity contribution in [3.05, 3.63) is 46.3 Å². The molecule has 5 nitrogen and oxygen atoms in total. The van der Waals surface area contributed by atoms with Gasteiger partial charge in [-0.25, -0.2) is 0 Å². The number of carbonyl (C=O) groups excluding carboxylic acids is 1. The number of amides is 1. The van der Waals surface area contributed by atoms with Crippen LogP contribution in [0.3, 0.4) is 0 Å². The van der Waals surface area contributed by atoms with Crippen molar-refractivity contribution in [3.8, 4) is 5.75 Å². The van der Waals surface area contributed by atoms with E-state index in [0.29, 0.717) is 16.9 Å². The van der Waals surface area contributed by atoms with Crippen molar-refractivity contribution in [3.63, 3.8) is 0 Å². The van der Waals surface area contributed by atoms with Gasteiger partial charge in [0.1, 0.15) is 11.5 Å². The predicted molar refractivity (Wildman–Crippen MR) is 74.7 cm³/mol. The fourth-order valence-electron chi connectivity index (χ4n) is 2.26. The molecular formula is C15H18N2O3. The predicted octanol–water partition coefficient (Wildman–Crippen LogP) is 2.80. The number of aryl methyl sites for hydroxylation is 3. The number of carbonyl (C=O) groups is 1. The van der Waals surface area contributed by atoms with Gasteiger partial charge in [0.25, 0.3) is 5.91 Å². The van der Waals surface area contributed by atoms with Gasteiger partial charge in [0, 0.05) is 11.1 Å². The first-order valence-electron chi connectivity index (χ1n) is 6.43. The monoisotopic (exact) mass is 274 g/mol. The smallest absolute Gasteiger partial charge is 0.251 e. The lowest BCUT2D eigenvalue weighted by molar-refractivity contribution is 0.0939. The minimum absolute atomic E-state index is 0.181. The molecule has 106 valence electrons. The molecule has 0 aliphatic heterocycles. The Morgan fingerprint density at radius 1 is 1.35 bits per heavy atom. The average Bonchev–Trinajstić information content (AvgIpc) is 2.72. The summed E-state index contributed by atoms with van der Waals surface area (Å²) in [5, 5.41) is 16.3. The third-order valence-corrected chi connectivity index (χ3v) is 3.33. The average molecular weight is 274 g/mol. The maximum Gasteiger partial charge on any atom is 0.251 e. The normalized spacial score (nSPS) is 12.2. The Bertz CT molecular complexity index is 627. The zero-order valence-corrected chi connectivity index (χ0v) is 12.0. The SMILES string of the molecule is Cc1cc(C(=O)NC(C)c2c(C)noc2C)ccc1O. The first kappa shape index (κ1) is 14.1. The van der Waals surface area contributed by atoms with Crippen LogP contribution in [0.5, 0.6) is 5.75 Å². The number of nitrogens with zero attached hydrogens (tertiary/aromatic N) is 1. The Hall–Kier alpha value is -2.30. The van der Waals surface area contributed by atoms with E-state index in [1.807, 2.05) is 20.8 Å². The van der Waals surface area contributed by atoms with Gasteiger partial charge in [0.15, 0.2) is 0 Å². The fraction of sp³-hybridized carbons (Fsp3) is 0.333. The Labute approximate surface area is 117 Å². The first-order chi connectivity index (χ1) is 9.40. The second-order valence-electron chi connectivity index (χ2n) is 4.93. The minimum Gasteiger partial charge on any atom is -0.508 e. The van der Waals surface area contributed by atoms with Crippen molar-refractivity contribution in [2.75, 3.05) is 0 Å². The zero-order chi connectivity index (χ0) is 14.9. The summed E-state index contributed by atoms with van der Waals surface area (Å²) in [5.41, 5.74) is 2.85. The fourth-order valence-corrected chi connectivity index (χ4v) is 2.26. The molecule has 1 aromatic carbocycles. The number of hydrogen-bond donors (Lipinski definition) is 2. The summed E-state index contributed by atoms with van der Waals surface area (Å²) in [6, 6.07) is 4.58. The molecule has 1 heterocycles. The maximum absolute atomic E-state index is 12.2. The van der Waals surface area contributed by atoms with Gasteiger partial charge >= 0.3 is 0 Å². The van der Waals surface area contributed by atoms with Crippen LogP contribution in [0.1, 0.15) is 45.9 Å². The number of phenols is 1. The lowest BCUT2D eigenvalue weighted by Gasteiger charge is -2.14. The quantitative estimate of drug-likeness (QED) is 0.902. The van der Waals surface area contributed by atoms with Crippen molar-refractivity contribution in [2.45, 2.75) is 33.7 Å². The number of benzene rings is 1. The number of aromatic nitrogens is 1. The van der Waals surface area contributed by atoms with Crippen molar-refractivity contribution in [1.82, 2.24) is 10.5 Å². The summed E-state index contributed by atoms with van der Waals surface area (Å²) >= 11 is 0. The van der Waals surface area contributed by atoms with E-state index in [1.165, 1.54) is 6.07 Å². The summed E-state index contributed by atoms with van der Waals surface area (Å²) in [6.45, 7) is 7.31. The number of hydrogen-bond acceptors (Lipinski definition) is 4. The van der Waals surface area contributed by atoms with E-state index in [2.05, 4.69) is 10.5 Å². The van der Waals surface area contributed by atoms with E-state index in [1.54, 1.807) is 19.1 Å². The number of rotatable bonds is 3. The Kier molecular flexibility index (Phi) is 3.79. The molecule has 0 saturated heterocycles. The zero-order valence-electron chi connectivity index (χ0n) is 12.0. The highest BCUT2D eigenvalue weighted by Gasteiger charge is 2.19. The van der Waals surface area contributed by atoms with E-state index in [9.17, 15) is 9.90 Å². The Balaban J connectivity index is 2.17. The molecule has 0 radical (unpaired) electrons. The van der Waals surface area contributed by atoms with Crippen molar-refractivity contribution >= 4 is 5.91 Å². The summed E-state index contributed by atoms with van der Waals surface area (Å²) in [7, 11) is 0. The van der Waals surface area contributed by atoms with E-state index >= 15 is 0 Å². The van der Waals surface area contributed by atoms with E-state index in [0.717, 1.165) is 11.3 Å². The molecule has 20 heavy (non-hydrogen) atoms. The van der Waals surface area contributed by atoms with Crippen LogP contribution in [-0.2, 0) is 0 Å². The summed E-state index contributed by atoms with van der Waals surface area (Å²) in [4.78, 5) is 12.2. The molecule has 1 unspecified atom stereocenters. The number of nitrogens with one attached hydrogen (secondary N) is 1. The van der Waals surface area contributed by atoms with Gasteiger partial charge in [-0.05, 0) is 51.5 Å². The van der Waals surface area contributed by atoms with Crippen molar-refractivity contribution < 1.29 is 14.4 Å². The third kappa shape index (κ3) is 2.66. The highest BCUT2D eigenvalue weighted by atomic mass is 16.5. The van der Waals surface area contributed by atoms with Crippen LogP contribution in [0.15, 0.2) is 22.7 Å². The number of phenolic OH excluding ortho intramolecular Hbond substituents is 1.